The van der Waals surface area contributed by atoms with Gasteiger partial charge < -0.3 is 82.2 Å². The molecule has 0 aromatic heterocycles. The van der Waals surface area contributed by atoms with E-state index in [1.54, 1.807) is 45.5 Å². The number of phenolic OH excluding ortho intramolecular Hbond substituents is 2. The van der Waals surface area contributed by atoms with Gasteiger partial charge in [0.1, 0.15) is 85.3 Å². The summed E-state index contributed by atoms with van der Waals surface area (Å²) in [6.45, 7) is 55.8. The number of benzene rings is 4. The van der Waals surface area contributed by atoms with Crippen LogP contribution in [0.2, 0.25) is 0 Å². The van der Waals surface area contributed by atoms with Gasteiger partial charge in [-0.3, -0.25) is 33.7 Å². The quantitative estimate of drug-likeness (QED) is 0.0139. The highest BCUT2D eigenvalue weighted by molar-refractivity contribution is 5.80. The van der Waals surface area contributed by atoms with Gasteiger partial charge in [-0.25, -0.2) is 4.79 Å². The normalized spacial score (nSPS) is 22.0. The van der Waals surface area contributed by atoms with Gasteiger partial charge in [-0.2, -0.15) is 0 Å². The molecule has 4 aromatic carbocycles. The minimum atomic E-state index is -0.842. The minimum absolute atomic E-state index is 0.00993. The maximum absolute atomic E-state index is 12.4. The summed E-state index contributed by atoms with van der Waals surface area (Å²) < 4.78 is 66.7. The molecule has 8 aliphatic carbocycles. The number of esters is 6. The van der Waals surface area contributed by atoms with Crippen LogP contribution in [0.25, 0.3) is 0 Å². The number of carbonyl (C=O) groups excluding carboxylic acids is 7. The predicted molar refractivity (Wildman–Crippen MR) is 579 cm³/mol. The number of amides is 2. The van der Waals surface area contributed by atoms with E-state index in [2.05, 4.69) is 114 Å². The Morgan fingerprint density at radius 3 is 1.23 bits per heavy atom. The molecule has 6 bridgehead atoms. The van der Waals surface area contributed by atoms with Crippen molar-refractivity contribution < 1.29 is 111 Å². The Kier molecular flexibility index (Phi) is 52.5. The molecule has 13 rings (SSSR count). The van der Waals surface area contributed by atoms with Crippen LogP contribution in [0.3, 0.4) is 0 Å². The van der Waals surface area contributed by atoms with E-state index in [4.69, 9.17) is 67.1 Å². The van der Waals surface area contributed by atoms with Gasteiger partial charge in [0.25, 0.3) is 0 Å². The molecule has 10 atom stereocenters. The Hall–Kier alpha value is -8.07. The first-order valence-corrected chi connectivity index (χ1v) is 55.5. The average molecular weight is 2050 g/mol. The Labute approximate surface area is 880 Å². The molecule has 4 N–H and O–H groups in total. The number of nitrogens with zero attached hydrogens (tertiary/aromatic N) is 2. The van der Waals surface area contributed by atoms with Crippen molar-refractivity contribution in [2.75, 3.05) is 75.3 Å². The topological polar surface area (TPSA) is 318 Å². The summed E-state index contributed by atoms with van der Waals surface area (Å²) in [5, 5.41) is 39.3. The summed E-state index contributed by atoms with van der Waals surface area (Å²) in [5.41, 5.74) is 2.22. The van der Waals surface area contributed by atoms with Crippen LogP contribution in [-0.4, -0.2) is 188 Å². The number of likely N-dealkylation sites (N-methyl/N-ethyl adjacent to an activating group) is 1. The van der Waals surface area contributed by atoms with Gasteiger partial charge in [0.2, 0.25) is 0 Å². The zero-order chi connectivity index (χ0) is 110. The third kappa shape index (κ3) is 37.2. The van der Waals surface area contributed by atoms with Crippen molar-refractivity contribution in [1.29, 1.82) is 0 Å². The molecule has 25 heteroatoms. The standard InChI is InChI=1S/C23H32O4.2C17H32O2.C16H26O4.C14H28N2O5.C14H20O4.2C10H14O/c1-6-18(3)19-7-9-22(10-8-19)26-11-12-27-23-20(15-24-4)13-17(2)14-21(23)16-25-5;2*1-6-16(4,5)15(18)19-17(7-2,8-3)14-12-10-9-11-13-14;1-4-13(2,3)12(17)20-16-7-11-5-14(18,9-16)8-15(19,6-11)10-16;1-7-14(2,3)12(17)21-9-8-15(4)13(18)16(10-19-5)11-20-6;1-4-14(2,3)13(16)18-10-7-5-8-9(6-7)12(15)17-11(8)10;2*1-3-8(2)9-4-6-10(11)7-5-9/h7-10,13-14,18H,6,11-12,15-16H2,1-5H3;2*14H,6-13H2,1-5H3;11,18-19H,4-10H2,1-3H3;7-11H2,1-6H3;7-11H,4-6H2,1-3H3;2*4-8,11H,3H2,1-2H3. The van der Waals surface area contributed by atoms with Crippen LogP contribution in [0.4, 0.5) is 4.79 Å². The first-order chi connectivity index (χ1) is 68.7. The highest BCUT2D eigenvalue weighted by Crippen LogP contribution is 2.61. The van der Waals surface area contributed by atoms with E-state index in [0.29, 0.717) is 112 Å². The van der Waals surface area contributed by atoms with Crippen LogP contribution < -0.4 is 9.47 Å². The van der Waals surface area contributed by atoms with Gasteiger partial charge >= 0.3 is 41.8 Å². The number of methoxy groups -OCH3 is 4. The molecule has 10 unspecified atom stereocenters. The van der Waals surface area contributed by atoms with Crippen LogP contribution in [0.5, 0.6) is 23.0 Å². The largest absolute Gasteiger partial charge is 0.508 e. The molecule has 0 radical (unpaired) electrons. The number of hydrogen-bond donors (Lipinski definition) is 4. The molecule has 830 valence electrons. The summed E-state index contributed by atoms with van der Waals surface area (Å²) >= 11 is 0. The maximum atomic E-state index is 12.4. The predicted octanol–water partition coefficient (Wildman–Crippen LogP) is 26.9. The molecule has 2 amide bonds. The van der Waals surface area contributed by atoms with Gasteiger partial charge in [0, 0.05) is 77.7 Å². The number of aliphatic hydroxyl groups is 2. The fourth-order valence-electron chi connectivity index (χ4n) is 21.2. The number of hydrogen-bond acceptors (Lipinski definition) is 23. The summed E-state index contributed by atoms with van der Waals surface area (Å²) in [5.74, 6) is 5.53. The smallest absolute Gasteiger partial charge is 0.323 e. The van der Waals surface area contributed by atoms with Crippen LogP contribution in [0.15, 0.2) is 84.9 Å². The number of phenols is 2. The average Bonchev–Trinajstić information content (AvgIpc) is 1.09. The van der Waals surface area contributed by atoms with E-state index in [9.17, 15) is 43.8 Å². The van der Waals surface area contributed by atoms with Gasteiger partial charge in [0.05, 0.1) is 64.0 Å². The first-order valence-electron chi connectivity index (χ1n) is 55.5. The number of aromatic hydroxyl groups is 2. The van der Waals surface area contributed by atoms with Crippen LogP contribution >= 0.6 is 0 Å². The molecule has 1 aliphatic heterocycles. The van der Waals surface area contributed by atoms with Crippen LogP contribution in [-0.2, 0) is 89.3 Å². The lowest BCUT2D eigenvalue weighted by Crippen LogP contribution is -2.67. The summed E-state index contributed by atoms with van der Waals surface area (Å²) in [6.07, 6.45) is 28.9. The van der Waals surface area contributed by atoms with E-state index in [1.165, 1.54) is 110 Å². The van der Waals surface area contributed by atoms with Crippen molar-refractivity contribution in [3.8, 4) is 23.0 Å². The molecule has 8 saturated carbocycles. The van der Waals surface area contributed by atoms with Crippen molar-refractivity contribution in [3.05, 3.63) is 118 Å². The fraction of sp³-hybridized carbons (Fsp3) is 0.744. The zero-order valence-electron chi connectivity index (χ0n) is 96.2. The van der Waals surface area contributed by atoms with E-state index >= 15 is 0 Å². The molecular weight excluding hydrogens is 1850 g/mol. The van der Waals surface area contributed by atoms with Gasteiger partial charge in [-0.15, -0.1) is 0 Å². The molecule has 4 aromatic rings. The summed E-state index contributed by atoms with van der Waals surface area (Å²) in [6, 6.07) is 27.1. The number of urea groups is 1. The zero-order valence-corrected chi connectivity index (χ0v) is 96.2. The van der Waals surface area contributed by atoms with Crippen molar-refractivity contribution >= 4 is 41.8 Å². The number of fused-ring (bicyclic) bond motifs is 1. The summed E-state index contributed by atoms with van der Waals surface area (Å²) in [7, 11) is 8.02. The Bertz CT molecular complexity index is 4380. The summed E-state index contributed by atoms with van der Waals surface area (Å²) in [4.78, 5) is 87.8. The molecule has 9 fully saturated rings. The Morgan fingerprint density at radius 1 is 0.466 bits per heavy atom. The van der Waals surface area contributed by atoms with Crippen molar-refractivity contribution in [3.63, 3.8) is 0 Å². The van der Waals surface area contributed by atoms with E-state index in [-0.39, 0.29) is 108 Å². The molecular formula is C121H198N2O23. The van der Waals surface area contributed by atoms with Crippen molar-refractivity contribution in [2.45, 2.75) is 444 Å². The van der Waals surface area contributed by atoms with Gasteiger partial charge in [-0.1, -0.05) is 196 Å². The lowest BCUT2D eigenvalue weighted by atomic mass is 9.50. The molecule has 0 spiro atoms. The minimum Gasteiger partial charge on any atom is -0.508 e. The second-order valence-electron chi connectivity index (χ2n) is 46.4. The fourth-order valence-corrected chi connectivity index (χ4v) is 21.2. The second-order valence-corrected chi connectivity index (χ2v) is 46.4. The number of aryl methyl sites for hydroxylation is 1. The maximum Gasteiger partial charge on any atom is 0.323 e. The third-order valence-electron chi connectivity index (χ3n) is 33.4. The highest BCUT2D eigenvalue weighted by Gasteiger charge is 2.66. The lowest BCUT2D eigenvalue weighted by molar-refractivity contribution is -0.264. The molecule has 1 heterocycles. The molecule has 9 aliphatic rings. The van der Waals surface area contributed by atoms with Crippen LogP contribution in [0.1, 0.15) is 417 Å². The number of ether oxygens (including phenoxy) is 12. The molecule has 1 saturated heterocycles. The van der Waals surface area contributed by atoms with E-state index in [1.807, 2.05) is 126 Å². The van der Waals surface area contributed by atoms with E-state index < -0.39 is 33.0 Å². The third-order valence-corrected chi connectivity index (χ3v) is 33.4. The lowest BCUT2D eigenvalue weighted by Gasteiger charge is -2.62. The first kappa shape index (κ1) is 128. The van der Waals surface area contributed by atoms with Crippen LogP contribution in [0, 0.1) is 69.5 Å². The number of rotatable bonds is 42. The van der Waals surface area contributed by atoms with Crippen molar-refractivity contribution in [2.24, 2.45) is 62.6 Å². The van der Waals surface area contributed by atoms with E-state index in [0.717, 1.165) is 125 Å². The van der Waals surface area contributed by atoms with Gasteiger partial charge in [-0.05, 0) is 300 Å². The highest BCUT2D eigenvalue weighted by atomic mass is 16.6. The monoisotopic (exact) mass is 2050 g/mol. The Balaban J connectivity index is 0.000000297. The Morgan fingerprint density at radius 2 is 0.849 bits per heavy atom. The van der Waals surface area contributed by atoms with Gasteiger partial charge in [0.15, 0.2) is 0 Å². The number of carbonyl (C=O) groups is 7. The molecule has 146 heavy (non-hydrogen) atoms. The SMILES string of the molecule is CCC(C)(C)C(=O)OC(CC)(CC)C1CCCCC1.CCC(C)(C)C(=O)OC(CC)(CC)C1CCCCC1.CCC(C)(C)C(=O)OC12CC3CC(O)(CC(O)(C3)C1)C2.CCC(C)(C)C(=O)OC1C2CC3C(=O)OC1C3C2.CCC(C)(C)C(=O)OCCN(C)C(=O)N(COC)COC.CCC(C)c1ccc(O)cc1.CCC(C)c1ccc(O)cc1.CCC(C)c1ccc(OCCOc2c(COC)cc(C)cc2COC)cc1. The van der Waals surface area contributed by atoms with Crippen molar-refractivity contribution in [1.82, 2.24) is 9.80 Å². The second kappa shape index (κ2) is 59.7. The molecule has 25 nitrogen and oxygen atoms in total.